The molecule has 1 fully saturated rings. The molecule has 2 aromatic heterocycles. The van der Waals surface area contributed by atoms with Crippen molar-refractivity contribution in [1.29, 1.82) is 0 Å². The third-order valence-electron chi connectivity index (χ3n) is 5.07. The minimum absolute atomic E-state index is 0.0472. The van der Waals surface area contributed by atoms with Crippen LogP contribution in [-0.4, -0.2) is 58.5 Å². The summed E-state index contributed by atoms with van der Waals surface area (Å²) in [7, 11) is 3.67. The highest BCUT2D eigenvalue weighted by molar-refractivity contribution is 5.96. The van der Waals surface area contributed by atoms with Crippen molar-refractivity contribution in [1.82, 2.24) is 19.2 Å². The minimum Gasteiger partial charge on any atom is -0.378 e. The van der Waals surface area contributed by atoms with Gasteiger partial charge in [0.05, 0.1) is 19.4 Å². The SMILES string of the molecule is CN(Cc1ccc(N2CCOCC2)cc1)C(=O)c1cnn(C)c1-n1cccc1. The Hall–Kier alpha value is -3.06. The van der Waals surface area contributed by atoms with Crippen LogP contribution in [0.2, 0.25) is 0 Å². The number of hydrogen-bond acceptors (Lipinski definition) is 4. The molecule has 28 heavy (non-hydrogen) atoms. The molecule has 146 valence electrons. The smallest absolute Gasteiger partial charge is 0.259 e. The highest BCUT2D eigenvalue weighted by Crippen LogP contribution is 2.19. The molecule has 1 aromatic carbocycles. The van der Waals surface area contributed by atoms with Crippen LogP contribution in [0.5, 0.6) is 0 Å². The molecule has 0 atom stereocenters. The van der Waals surface area contributed by atoms with E-state index in [0.29, 0.717) is 12.1 Å². The molecule has 0 spiro atoms. The third-order valence-corrected chi connectivity index (χ3v) is 5.07. The predicted molar refractivity (Wildman–Crippen MR) is 108 cm³/mol. The van der Waals surface area contributed by atoms with Crippen molar-refractivity contribution in [2.24, 2.45) is 7.05 Å². The molecular formula is C21H25N5O2. The predicted octanol–water partition coefficient (Wildman–Crippen LogP) is 2.32. The second kappa shape index (κ2) is 7.90. The zero-order chi connectivity index (χ0) is 19.5. The molecule has 3 heterocycles. The molecule has 1 saturated heterocycles. The van der Waals surface area contributed by atoms with Gasteiger partial charge in [-0.25, -0.2) is 0 Å². The molecule has 7 heteroatoms. The fourth-order valence-corrected chi connectivity index (χ4v) is 3.55. The van der Waals surface area contributed by atoms with Crippen LogP contribution in [0.1, 0.15) is 15.9 Å². The van der Waals surface area contributed by atoms with E-state index in [4.69, 9.17) is 4.74 Å². The lowest BCUT2D eigenvalue weighted by molar-refractivity contribution is 0.0785. The lowest BCUT2D eigenvalue weighted by Gasteiger charge is -2.29. The van der Waals surface area contributed by atoms with E-state index in [1.807, 2.05) is 43.2 Å². The zero-order valence-electron chi connectivity index (χ0n) is 16.3. The average Bonchev–Trinajstić information content (AvgIpc) is 3.38. The van der Waals surface area contributed by atoms with Crippen LogP contribution in [-0.2, 0) is 18.3 Å². The van der Waals surface area contributed by atoms with E-state index in [1.165, 1.54) is 5.69 Å². The van der Waals surface area contributed by atoms with E-state index in [-0.39, 0.29) is 5.91 Å². The van der Waals surface area contributed by atoms with Crippen molar-refractivity contribution in [3.63, 3.8) is 0 Å². The Morgan fingerprint density at radius 2 is 1.82 bits per heavy atom. The number of amides is 1. The van der Waals surface area contributed by atoms with Gasteiger partial charge in [-0.3, -0.25) is 9.48 Å². The van der Waals surface area contributed by atoms with Crippen LogP contribution in [0.4, 0.5) is 5.69 Å². The number of carbonyl (C=O) groups excluding carboxylic acids is 1. The summed E-state index contributed by atoms with van der Waals surface area (Å²) in [6.07, 6.45) is 5.46. The van der Waals surface area contributed by atoms with Gasteiger partial charge in [0.1, 0.15) is 11.4 Å². The molecule has 4 rings (SSSR count). The quantitative estimate of drug-likeness (QED) is 0.683. The molecule has 1 aliphatic rings. The topological polar surface area (TPSA) is 55.5 Å². The molecule has 3 aromatic rings. The van der Waals surface area contributed by atoms with Crippen LogP contribution in [0.3, 0.4) is 0 Å². The van der Waals surface area contributed by atoms with Gasteiger partial charge in [0.2, 0.25) is 0 Å². The Morgan fingerprint density at radius 3 is 2.50 bits per heavy atom. The van der Waals surface area contributed by atoms with Crippen LogP contribution < -0.4 is 4.90 Å². The number of ether oxygens (including phenoxy) is 1. The van der Waals surface area contributed by atoms with Gasteiger partial charge in [-0.15, -0.1) is 0 Å². The summed E-state index contributed by atoms with van der Waals surface area (Å²) in [5.74, 6) is 0.721. The summed E-state index contributed by atoms with van der Waals surface area (Å²) < 4.78 is 9.04. The van der Waals surface area contributed by atoms with Gasteiger partial charge in [0, 0.05) is 51.8 Å². The summed E-state index contributed by atoms with van der Waals surface area (Å²) in [5.41, 5.74) is 2.88. The first-order valence-corrected chi connectivity index (χ1v) is 9.46. The molecular weight excluding hydrogens is 354 g/mol. The maximum absolute atomic E-state index is 13.0. The summed E-state index contributed by atoms with van der Waals surface area (Å²) in [6, 6.07) is 12.3. The first-order chi connectivity index (χ1) is 13.6. The molecule has 0 N–H and O–H groups in total. The van der Waals surface area contributed by atoms with Gasteiger partial charge in [-0.05, 0) is 29.8 Å². The van der Waals surface area contributed by atoms with Crippen LogP contribution in [0, 0.1) is 0 Å². The second-order valence-corrected chi connectivity index (χ2v) is 7.02. The first kappa shape index (κ1) is 18.3. The summed E-state index contributed by atoms with van der Waals surface area (Å²) in [6.45, 7) is 3.92. The van der Waals surface area contributed by atoms with Crippen LogP contribution in [0.15, 0.2) is 55.0 Å². The second-order valence-electron chi connectivity index (χ2n) is 7.02. The summed E-state index contributed by atoms with van der Waals surface area (Å²) in [5, 5.41) is 4.28. The third kappa shape index (κ3) is 3.66. The number of anilines is 1. The highest BCUT2D eigenvalue weighted by Gasteiger charge is 2.21. The maximum Gasteiger partial charge on any atom is 0.259 e. The lowest BCUT2D eigenvalue weighted by atomic mass is 10.1. The number of aryl methyl sites for hydroxylation is 1. The molecule has 0 bridgehead atoms. The standard InChI is InChI=1S/C21H25N5O2/c1-23(16-17-5-7-18(8-6-17)25-11-13-28-14-12-25)21(27)19-15-22-24(2)20(19)26-9-3-4-10-26/h3-10,15H,11-14,16H2,1-2H3. The monoisotopic (exact) mass is 379 g/mol. The van der Waals surface area contributed by atoms with E-state index in [2.05, 4.69) is 34.3 Å². The number of nitrogens with zero attached hydrogens (tertiary/aromatic N) is 5. The van der Waals surface area contributed by atoms with Crippen LogP contribution in [0.25, 0.3) is 5.82 Å². The average molecular weight is 379 g/mol. The Balaban J connectivity index is 1.47. The van der Waals surface area contributed by atoms with Gasteiger partial charge in [0.25, 0.3) is 5.91 Å². The number of morpholine rings is 1. The van der Waals surface area contributed by atoms with E-state index in [0.717, 1.165) is 37.7 Å². The fraction of sp³-hybridized carbons (Fsp3) is 0.333. The largest absolute Gasteiger partial charge is 0.378 e. The number of carbonyl (C=O) groups is 1. The lowest BCUT2D eigenvalue weighted by Crippen LogP contribution is -2.36. The normalized spacial score (nSPS) is 14.3. The van der Waals surface area contributed by atoms with Crippen molar-refractivity contribution in [3.05, 3.63) is 66.1 Å². The summed E-state index contributed by atoms with van der Waals surface area (Å²) >= 11 is 0. The summed E-state index contributed by atoms with van der Waals surface area (Å²) in [4.78, 5) is 17.1. The van der Waals surface area contributed by atoms with E-state index >= 15 is 0 Å². The number of rotatable bonds is 5. The number of hydrogen-bond donors (Lipinski definition) is 0. The number of benzene rings is 1. The fourth-order valence-electron chi connectivity index (χ4n) is 3.55. The molecule has 0 unspecified atom stereocenters. The Bertz CT molecular complexity index is 924. The van der Waals surface area contributed by atoms with Crippen molar-refractivity contribution in [2.75, 3.05) is 38.3 Å². The van der Waals surface area contributed by atoms with E-state index < -0.39 is 0 Å². The Kier molecular flexibility index (Phi) is 5.16. The zero-order valence-corrected chi connectivity index (χ0v) is 16.3. The molecule has 0 saturated carbocycles. The first-order valence-electron chi connectivity index (χ1n) is 9.46. The highest BCUT2D eigenvalue weighted by atomic mass is 16.5. The van der Waals surface area contributed by atoms with Gasteiger partial charge in [-0.2, -0.15) is 5.10 Å². The molecule has 0 aliphatic carbocycles. The minimum atomic E-state index is -0.0472. The molecule has 1 amide bonds. The van der Waals surface area contributed by atoms with Gasteiger partial charge < -0.3 is 19.1 Å². The Morgan fingerprint density at radius 1 is 1.14 bits per heavy atom. The Labute approximate surface area is 164 Å². The van der Waals surface area contributed by atoms with Gasteiger partial charge >= 0.3 is 0 Å². The molecule has 7 nitrogen and oxygen atoms in total. The van der Waals surface area contributed by atoms with Crippen LogP contribution >= 0.6 is 0 Å². The van der Waals surface area contributed by atoms with Gasteiger partial charge in [0.15, 0.2) is 0 Å². The van der Waals surface area contributed by atoms with Crippen molar-refractivity contribution < 1.29 is 9.53 Å². The maximum atomic E-state index is 13.0. The number of aromatic nitrogens is 3. The van der Waals surface area contributed by atoms with E-state index in [1.54, 1.807) is 15.8 Å². The van der Waals surface area contributed by atoms with Crippen molar-refractivity contribution in [3.8, 4) is 5.82 Å². The van der Waals surface area contributed by atoms with E-state index in [9.17, 15) is 4.79 Å². The van der Waals surface area contributed by atoms with Crippen molar-refractivity contribution >= 4 is 11.6 Å². The molecule has 1 aliphatic heterocycles. The molecule has 0 radical (unpaired) electrons. The van der Waals surface area contributed by atoms with Gasteiger partial charge in [-0.1, -0.05) is 12.1 Å². The van der Waals surface area contributed by atoms with Crippen molar-refractivity contribution in [2.45, 2.75) is 6.54 Å².